The van der Waals surface area contributed by atoms with Crippen LogP contribution in [-0.4, -0.2) is 31.9 Å². The average Bonchev–Trinajstić information content (AvgIpc) is 3.32. The molecule has 0 unspecified atom stereocenters. The number of aromatic nitrogens is 3. The molecular formula is C28H21ClN4O. The van der Waals surface area contributed by atoms with Crippen LogP contribution in [0.15, 0.2) is 91.0 Å². The van der Waals surface area contributed by atoms with E-state index >= 15 is 0 Å². The van der Waals surface area contributed by atoms with Crippen molar-refractivity contribution in [2.24, 2.45) is 0 Å². The summed E-state index contributed by atoms with van der Waals surface area (Å²) in [6.07, 6.45) is 0.835. The summed E-state index contributed by atoms with van der Waals surface area (Å²) >= 11 is 6.49. The minimum absolute atomic E-state index is 0.0714. The summed E-state index contributed by atoms with van der Waals surface area (Å²) in [5, 5.41) is 5.36. The fourth-order valence-corrected chi connectivity index (χ4v) is 4.75. The van der Waals surface area contributed by atoms with Gasteiger partial charge in [0.2, 0.25) is 0 Å². The first-order valence-electron chi connectivity index (χ1n) is 11.2. The second-order valence-corrected chi connectivity index (χ2v) is 8.82. The molecule has 5 aromatic rings. The lowest BCUT2D eigenvalue weighted by Crippen LogP contribution is -2.37. The zero-order valence-corrected chi connectivity index (χ0v) is 19.1. The second kappa shape index (κ2) is 8.43. The number of rotatable bonds is 3. The third-order valence-corrected chi connectivity index (χ3v) is 6.61. The van der Waals surface area contributed by atoms with Crippen molar-refractivity contribution in [3.63, 3.8) is 0 Å². The van der Waals surface area contributed by atoms with E-state index in [-0.39, 0.29) is 5.91 Å². The normalized spacial score (nSPS) is 13.1. The number of fused-ring (bicyclic) bond motifs is 2. The molecule has 0 N–H and O–H groups in total. The molecule has 0 bridgehead atoms. The van der Waals surface area contributed by atoms with Crippen molar-refractivity contribution in [3.8, 4) is 22.5 Å². The van der Waals surface area contributed by atoms with Crippen LogP contribution in [-0.2, 0) is 13.0 Å². The predicted octanol–water partition coefficient (Wildman–Crippen LogP) is 5.92. The maximum absolute atomic E-state index is 13.8. The van der Waals surface area contributed by atoms with E-state index in [1.165, 1.54) is 11.1 Å². The van der Waals surface area contributed by atoms with Crippen LogP contribution in [0.3, 0.4) is 0 Å². The van der Waals surface area contributed by atoms with Gasteiger partial charge in [-0.1, -0.05) is 84.4 Å². The zero-order chi connectivity index (χ0) is 23.1. The fourth-order valence-electron chi connectivity index (χ4n) is 4.51. The van der Waals surface area contributed by atoms with Crippen LogP contribution in [0.5, 0.6) is 0 Å². The molecule has 0 saturated heterocycles. The fraction of sp³-hybridized carbons (Fsp3) is 0.107. The molecule has 5 nitrogen and oxygen atoms in total. The maximum Gasteiger partial charge on any atom is 0.272 e. The number of amides is 1. The van der Waals surface area contributed by atoms with Crippen molar-refractivity contribution in [3.05, 3.63) is 113 Å². The monoisotopic (exact) mass is 464 g/mol. The van der Waals surface area contributed by atoms with Gasteiger partial charge in [-0.05, 0) is 29.7 Å². The molecule has 0 aliphatic carbocycles. The van der Waals surface area contributed by atoms with Crippen LogP contribution in [0, 0.1) is 0 Å². The van der Waals surface area contributed by atoms with Crippen molar-refractivity contribution in [1.82, 2.24) is 19.5 Å². The second-order valence-electron chi connectivity index (χ2n) is 8.42. The highest BCUT2D eigenvalue weighted by molar-refractivity contribution is 6.33. The van der Waals surface area contributed by atoms with E-state index in [0.717, 1.165) is 23.2 Å². The Morgan fingerprint density at radius 1 is 0.824 bits per heavy atom. The van der Waals surface area contributed by atoms with Gasteiger partial charge in [0, 0.05) is 35.3 Å². The standard InChI is InChI=1S/C28H21ClN4O/c29-23-13-7-6-12-22(23)25-16-26(28(34)32-15-14-19-8-4-5-11-21(19)18-32)33-27(30-25)17-24(31-33)20-9-2-1-3-10-20/h1-13,16-17H,14-15,18H2. The highest BCUT2D eigenvalue weighted by atomic mass is 35.5. The largest absolute Gasteiger partial charge is 0.333 e. The minimum Gasteiger partial charge on any atom is -0.333 e. The lowest BCUT2D eigenvalue weighted by molar-refractivity contribution is 0.0725. The molecule has 6 heteroatoms. The van der Waals surface area contributed by atoms with Gasteiger partial charge in [0.1, 0.15) is 5.69 Å². The van der Waals surface area contributed by atoms with E-state index in [9.17, 15) is 4.79 Å². The quantitative estimate of drug-likeness (QED) is 0.333. The highest BCUT2D eigenvalue weighted by Crippen LogP contribution is 2.30. The van der Waals surface area contributed by atoms with Crippen LogP contribution in [0.1, 0.15) is 21.6 Å². The number of hydrogen-bond donors (Lipinski definition) is 0. The van der Waals surface area contributed by atoms with Crippen molar-refractivity contribution in [1.29, 1.82) is 0 Å². The van der Waals surface area contributed by atoms with Crippen molar-refractivity contribution in [2.45, 2.75) is 13.0 Å². The summed E-state index contributed by atoms with van der Waals surface area (Å²) in [7, 11) is 0. The summed E-state index contributed by atoms with van der Waals surface area (Å²) in [5.41, 5.74) is 6.74. The number of nitrogens with zero attached hydrogens (tertiary/aromatic N) is 4. The van der Waals surface area contributed by atoms with Crippen LogP contribution in [0.2, 0.25) is 5.02 Å². The molecule has 34 heavy (non-hydrogen) atoms. The molecule has 0 atom stereocenters. The third kappa shape index (κ3) is 3.64. The van der Waals surface area contributed by atoms with Crippen LogP contribution in [0.4, 0.5) is 0 Å². The molecule has 3 aromatic carbocycles. The Labute approximate surface area is 202 Å². The summed E-state index contributed by atoms with van der Waals surface area (Å²) in [5.74, 6) is -0.0714. The van der Waals surface area contributed by atoms with E-state index in [4.69, 9.17) is 21.7 Å². The molecule has 0 spiro atoms. The smallest absolute Gasteiger partial charge is 0.272 e. The Bertz CT molecular complexity index is 1530. The van der Waals surface area contributed by atoms with Crippen LogP contribution >= 0.6 is 11.6 Å². The predicted molar refractivity (Wildman–Crippen MR) is 134 cm³/mol. The number of carbonyl (C=O) groups is 1. The molecule has 2 aromatic heterocycles. The Morgan fingerprint density at radius 3 is 2.38 bits per heavy atom. The van der Waals surface area contributed by atoms with Gasteiger partial charge in [0.25, 0.3) is 5.91 Å². The molecule has 166 valence electrons. The maximum atomic E-state index is 13.8. The lowest BCUT2D eigenvalue weighted by Gasteiger charge is -2.29. The first-order valence-corrected chi connectivity index (χ1v) is 11.6. The van der Waals surface area contributed by atoms with Gasteiger partial charge in [-0.2, -0.15) is 5.10 Å². The molecule has 0 saturated carbocycles. The zero-order valence-electron chi connectivity index (χ0n) is 18.4. The third-order valence-electron chi connectivity index (χ3n) is 6.28. The molecule has 1 aliphatic heterocycles. The molecule has 1 aliphatic rings. The molecular weight excluding hydrogens is 444 g/mol. The van der Waals surface area contributed by atoms with E-state index in [0.29, 0.717) is 35.1 Å². The van der Waals surface area contributed by atoms with Crippen molar-refractivity contribution >= 4 is 23.2 Å². The summed E-state index contributed by atoms with van der Waals surface area (Å²) in [6.45, 7) is 1.24. The Morgan fingerprint density at radius 2 is 1.56 bits per heavy atom. The van der Waals surface area contributed by atoms with Gasteiger partial charge in [-0.15, -0.1) is 0 Å². The molecule has 6 rings (SSSR count). The van der Waals surface area contributed by atoms with E-state index in [1.807, 2.05) is 77.7 Å². The van der Waals surface area contributed by atoms with Crippen molar-refractivity contribution in [2.75, 3.05) is 6.54 Å². The number of benzene rings is 3. The van der Waals surface area contributed by atoms with Crippen molar-refractivity contribution < 1.29 is 4.79 Å². The average molecular weight is 465 g/mol. The molecule has 1 amide bonds. The summed E-state index contributed by atoms with van der Waals surface area (Å²) in [6, 6.07) is 29.5. The van der Waals surface area contributed by atoms with Gasteiger partial charge in [0.05, 0.1) is 11.4 Å². The van der Waals surface area contributed by atoms with Gasteiger partial charge >= 0.3 is 0 Å². The van der Waals surface area contributed by atoms with E-state index < -0.39 is 0 Å². The van der Waals surface area contributed by atoms with Gasteiger partial charge < -0.3 is 4.90 Å². The molecule has 3 heterocycles. The molecule has 0 fully saturated rings. The number of carbonyl (C=O) groups excluding carboxylic acids is 1. The number of hydrogen-bond acceptors (Lipinski definition) is 3. The van der Waals surface area contributed by atoms with E-state index in [2.05, 4.69) is 12.1 Å². The molecule has 0 radical (unpaired) electrons. The SMILES string of the molecule is O=C(c1cc(-c2ccccc2Cl)nc2cc(-c3ccccc3)nn12)N1CCc2ccccc2C1. The Balaban J connectivity index is 1.49. The van der Waals surface area contributed by atoms with Gasteiger partial charge in [0.15, 0.2) is 5.65 Å². The Kier molecular flexibility index (Phi) is 5.12. The van der Waals surface area contributed by atoms with Crippen LogP contribution in [0.25, 0.3) is 28.2 Å². The summed E-state index contributed by atoms with van der Waals surface area (Å²) < 4.78 is 1.66. The summed E-state index contributed by atoms with van der Waals surface area (Å²) in [4.78, 5) is 20.6. The van der Waals surface area contributed by atoms with Gasteiger partial charge in [-0.3, -0.25) is 4.79 Å². The van der Waals surface area contributed by atoms with E-state index in [1.54, 1.807) is 10.6 Å². The first-order chi connectivity index (χ1) is 16.7. The highest BCUT2D eigenvalue weighted by Gasteiger charge is 2.25. The van der Waals surface area contributed by atoms with Crippen LogP contribution < -0.4 is 0 Å². The Hall–Kier alpha value is -3.96. The lowest BCUT2D eigenvalue weighted by atomic mass is 9.99. The first kappa shape index (κ1) is 20.6. The topological polar surface area (TPSA) is 50.5 Å². The van der Waals surface area contributed by atoms with Gasteiger partial charge in [-0.25, -0.2) is 9.50 Å². The minimum atomic E-state index is -0.0714. The number of halogens is 1.